The molecule has 0 radical (unpaired) electrons. The Bertz CT molecular complexity index is 406. The van der Waals surface area contributed by atoms with Crippen molar-refractivity contribution in [1.29, 1.82) is 0 Å². The first-order chi connectivity index (χ1) is 9.15. The second-order valence-electron chi connectivity index (χ2n) is 4.51. The number of rotatable bonds is 5. The topological polar surface area (TPSA) is 65.0 Å². The van der Waals surface area contributed by atoms with Crippen LogP contribution in [-0.4, -0.2) is 36.2 Å². The second-order valence-corrected chi connectivity index (χ2v) is 4.51. The van der Waals surface area contributed by atoms with Gasteiger partial charge in [0.2, 0.25) is 0 Å². The number of ether oxygens (including phenoxy) is 3. The predicted molar refractivity (Wildman–Crippen MR) is 67.1 cm³/mol. The van der Waals surface area contributed by atoms with Gasteiger partial charge in [-0.25, -0.2) is 0 Å². The maximum atomic E-state index is 10.9. The molecule has 5 heteroatoms. The van der Waals surface area contributed by atoms with Crippen molar-refractivity contribution < 1.29 is 24.1 Å². The monoisotopic (exact) mass is 266 g/mol. The van der Waals surface area contributed by atoms with Crippen molar-refractivity contribution in [3.05, 3.63) is 35.9 Å². The SMILES string of the molecule is CC(=O)O[C@@H]1CC(O)O[C@@H]1COCc1ccccc1. The molecule has 3 atom stereocenters. The molecule has 1 aromatic carbocycles. The molecule has 0 amide bonds. The van der Waals surface area contributed by atoms with Gasteiger partial charge in [0.05, 0.1) is 13.2 Å². The number of hydrogen-bond acceptors (Lipinski definition) is 5. The lowest BCUT2D eigenvalue weighted by Crippen LogP contribution is -2.30. The van der Waals surface area contributed by atoms with Crippen molar-refractivity contribution in [2.45, 2.75) is 38.4 Å². The van der Waals surface area contributed by atoms with Gasteiger partial charge in [0.15, 0.2) is 6.29 Å². The fraction of sp³-hybridized carbons (Fsp3) is 0.500. The highest BCUT2D eigenvalue weighted by Crippen LogP contribution is 2.22. The van der Waals surface area contributed by atoms with E-state index in [1.807, 2.05) is 30.3 Å². The summed E-state index contributed by atoms with van der Waals surface area (Å²) in [6.07, 6.45) is -1.46. The van der Waals surface area contributed by atoms with Gasteiger partial charge in [-0.15, -0.1) is 0 Å². The maximum Gasteiger partial charge on any atom is 0.302 e. The van der Waals surface area contributed by atoms with Crippen LogP contribution in [-0.2, 0) is 25.6 Å². The molecule has 0 saturated carbocycles. The molecule has 2 rings (SSSR count). The zero-order chi connectivity index (χ0) is 13.7. The minimum atomic E-state index is -0.894. The number of esters is 1. The van der Waals surface area contributed by atoms with E-state index >= 15 is 0 Å². The van der Waals surface area contributed by atoms with Gasteiger partial charge in [0.1, 0.15) is 12.2 Å². The van der Waals surface area contributed by atoms with Crippen molar-refractivity contribution in [1.82, 2.24) is 0 Å². The molecule has 1 saturated heterocycles. The van der Waals surface area contributed by atoms with Gasteiger partial charge in [-0.3, -0.25) is 4.79 Å². The summed E-state index contributed by atoms with van der Waals surface area (Å²) >= 11 is 0. The quantitative estimate of drug-likeness (QED) is 0.812. The van der Waals surface area contributed by atoms with E-state index in [2.05, 4.69) is 0 Å². The fourth-order valence-electron chi connectivity index (χ4n) is 2.05. The van der Waals surface area contributed by atoms with Crippen LogP contribution < -0.4 is 0 Å². The third kappa shape index (κ3) is 4.31. The summed E-state index contributed by atoms with van der Waals surface area (Å²) in [5.41, 5.74) is 1.06. The summed E-state index contributed by atoms with van der Waals surface area (Å²) in [5.74, 6) is -0.379. The standard InChI is InChI=1S/C14H18O5/c1-10(15)18-12-7-14(16)19-13(12)9-17-8-11-5-3-2-4-6-11/h2-6,12-14,16H,7-9H2,1H3/t12-,13-,14?/m1/s1. The third-order valence-corrected chi connectivity index (χ3v) is 2.89. The Morgan fingerprint density at radius 2 is 2.16 bits per heavy atom. The van der Waals surface area contributed by atoms with Crippen LogP contribution in [0, 0.1) is 0 Å². The van der Waals surface area contributed by atoms with E-state index in [9.17, 15) is 9.90 Å². The predicted octanol–water partition coefficient (Wildman–Crippen LogP) is 1.24. The molecule has 0 aliphatic carbocycles. The highest BCUT2D eigenvalue weighted by atomic mass is 16.7. The number of benzene rings is 1. The van der Waals surface area contributed by atoms with E-state index < -0.39 is 18.5 Å². The smallest absolute Gasteiger partial charge is 0.302 e. The van der Waals surface area contributed by atoms with Crippen LogP contribution in [0.1, 0.15) is 18.9 Å². The largest absolute Gasteiger partial charge is 0.459 e. The Labute approximate surface area is 112 Å². The van der Waals surface area contributed by atoms with Crippen LogP contribution >= 0.6 is 0 Å². The average molecular weight is 266 g/mol. The number of carbonyl (C=O) groups is 1. The van der Waals surface area contributed by atoms with Gasteiger partial charge >= 0.3 is 5.97 Å². The lowest BCUT2D eigenvalue weighted by molar-refractivity contribution is -0.153. The summed E-state index contributed by atoms with van der Waals surface area (Å²) in [6.45, 7) is 2.08. The van der Waals surface area contributed by atoms with Gasteiger partial charge in [0.25, 0.3) is 0 Å². The normalized spacial score (nSPS) is 26.3. The highest BCUT2D eigenvalue weighted by Gasteiger charge is 2.36. The van der Waals surface area contributed by atoms with Gasteiger partial charge in [-0.1, -0.05) is 30.3 Å². The molecule has 1 N–H and O–H groups in total. The Kier molecular flexibility index (Phi) is 4.90. The molecule has 1 unspecified atom stereocenters. The van der Waals surface area contributed by atoms with Crippen LogP contribution in [0.5, 0.6) is 0 Å². The molecule has 1 aliphatic rings. The molecule has 1 aliphatic heterocycles. The summed E-state index contributed by atoms with van der Waals surface area (Å²) in [5, 5.41) is 9.43. The summed E-state index contributed by atoms with van der Waals surface area (Å²) in [4.78, 5) is 10.9. The van der Waals surface area contributed by atoms with E-state index in [1.54, 1.807) is 0 Å². The van der Waals surface area contributed by atoms with Crippen molar-refractivity contribution in [2.24, 2.45) is 0 Å². The van der Waals surface area contributed by atoms with Gasteiger partial charge in [0, 0.05) is 13.3 Å². The zero-order valence-corrected chi connectivity index (χ0v) is 10.8. The average Bonchev–Trinajstić information content (AvgIpc) is 2.70. The maximum absolute atomic E-state index is 10.9. The number of aliphatic hydroxyl groups excluding tert-OH is 1. The van der Waals surface area contributed by atoms with Gasteiger partial charge < -0.3 is 19.3 Å². The van der Waals surface area contributed by atoms with Gasteiger partial charge in [-0.05, 0) is 5.56 Å². The van der Waals surface area contributed by atoms with Crippen LogP contribution in [0.3, 0.4) is 0 Å². The molecule has 19 heavy (non-hydrogen) atoms. The first-order valence-electron chi connectivity index (χ1n) is 6.27. The Morgan fingerprint density at radius 1 is 1.42 bits per heavy atom. The number of hydrogen-bond donors (Lipinski definition) is 1. The van der Waals surface area contributed by atoms with Crippen LogP contribution in [0.15, 0.2) is 30.3 Å². The van der Waals surface area contributed by atoms with Crippen LogP contribution in [0.25, 0.3) is 0 Å². The Morgan fingerprint density at radius 3 is 2.84 bits per heavy atom. The van der Waals surface area contributed by atoms with Crippen molar-refractivity contribution in [2.75, 3.05) is 6.61 Å². The Balaban J connectivity index is 1.79. The van der Waals surface area contributed by atoms with Crippen molar-refractivity contribution in [3.63, 3.8) is 0 Å². The summed E-state index contributed by atoms with van der Waals surface area (Å²) < 4.78 is 15.9. The molecule has 1 fully saturated rings. The third-order valence-electron chi connectivity index (χ3n) is 2.89. The molecule has 1 heterocycles. The summed E-state index contributed by atoms with van der Waals surface area (Å²) in [6, 6.07) is 9.75. The highest BCUT2D eigenvalue weighted by molar-refractivity contribution is 5.66. The van der Waals surface area contributed by atoms with E-state index in [1.165, 1.54) is 6.92 Å². The van der Waals surface area contributed by atoms with Gasteiger partial charge in [-0.2, -0.15) is 0 Å². The number of carbonyl (C=O) groups excluding carboxylic acids is 1. The lowest BCUT2D eigenvalue weighted by Gasteiger charge is -2.17. The van der Waals surface area contributed by atoms with Crippen LogP contribution in [0.2, 0.25) is 0 Å². The molecular formula is C14H18O5. The molecule has 104 valence electrons. The minimum Gasteiger partial charge on any atom is -0.459 e. The van der Waals surface area contributed by atoms with Crippen LogP contribution in [0.4, 0.5) is 0 Å². The molecule has 0 bridgehead atoms. The van der Waals surface area contributed by atoms with Crippen molar-refractivity contribution >= 4 is 5.97 Å². The molecule has 1 aromatic rings. The summed E-state index contributed by atoms with van der Waals surface area (Å²) in [7, 11) is 0. The number of aliphatic hydroxyl groups is 1. The molecule has 0 aromatic heterocycles. The van der Waals surface area contributed by atoms with E-state index in [4.69, 9.17) is 14.2 Å². The molecule has 0 spiro atoms. The van der Waals surface area contributed by atoms with E-state index in [-0.39, 0.29) is 12.6 Å². The van der Waals surface area contributed by atoms with Crippen molar-refractivity contribution in [3.8, 4) is 0 Å². The molecular weight excluding hydrogens is 248 g/mol. The molecule has 5 nitrogen and oxygen atoms in total. The minimum absolute atomic E-state index is 0.282. The Hall–Kier alpha value is -1.43. The second kappa shape index (κ2) is 6.65. The van der Waals surface area contributed by atoms with E-state index in [0.29, 0.717) is 13.0 Å². The lowest BCUT2D eigenvalue weighted by atomic mass is 10.2. The fourth-order valence-corrected chi connectivity index (χ4v) is 2.05. The first kappa shape index (κ1) is 14.0. The first-order valence-corrected chi connectivity index (χ1v) is 6.27. The van der Waals surface area contributed by atoms with E-state index in [0.717, 1.165) is 5.56 Å². The zero-order valence-electron chi connectivity index (χ0n) is 10.8.